The second-order valence-electron chi connectivity index (χ2n) is 4.57. The topological polar surface area (TPSA) is 28.8 Å². The summed E-state index contributed by atoms with van der Waals surface area (Å²) in [5.41, 5.74) is 2.89. The Morgan fingerprint density at radius 1 is 1.00 bits per heavy atom. The van der Waals surface area contributed by atoms with Gasteiger partial charge in [0.15, 0.2) is 0 Å². The van der Waals surface area contributed by atoms with E-state index in [4.69, 9.17) is 28.6 Å². The van der Waals surface area contributed by atoms with Crippen LogP contribution in [0.25, 0.3) is 10.9 Å². The number of aromatic nitrogens is 1. The minimum Gasteiger partial charge on any atom is -0.343 e. The molecule has 0 amide bonds. The number of benzene rings is 2. The summed E-state index contributed by atoms with van der Waals surface area (Å²) in [7, 11) is 0. The predicted molar refractivity (Wildman–Crippen MR) is 85.4 cm³/mol. The van der Waals surface area contributed by atoms with Crippen molar-refractivity contribution in [1.82, 2.24) is 4.57 Å². The van der Waals surface area contributed by atoms with Gasteiger partial charge in [-0.05, 0) is 24.3 Å². The second kappa shape index (κ2) is 5.31. The molecule has 3 rings (SSSR count). The highest BCUT2D eigenvalue weighted by Crippen LogP contribution is 2.27. The molecule has 0 aliphatic carbocycles. The fourth-order valence-corrected chi connectivity index (χ4v) is 2.88. The monoisotopic (exact) mass is 302 g/mol. The predicted octanol–water partition coefficient (Wildman–Crippen LogP) is 4.99. The van der Waals surface area contributed by atoms with Crippen molar-refractivity contribution < 1.29 is 0 Å². The molecular weight excluding hydrogens is 291 g/mol. The van der Waals surface area contributed by atoms with Gasteiger partial charge in [-0.25, -0.2) is 0 Å². The number of fused-ring (bicyclic) bond motifs is 1. The van der Waals surface area contributed by atoms with E-state index in [1.807, 2.05) is 48.7 Å². The molecule has 0 bridgehead atoms. The summed E-state index contributed by atoms with van der Waals surface area (Å²) in [5.74, 6) is 0. The molecule has 0 aliphatic rings. The lowest BCUT2D eigenvalue weighted by molar-refractivity contribution is 0.837. The van der Waals surface area contributed by atoms with Crippen molar-refractivity contribution in [3.05, 3.63) is 69.8 Å². The molecule has 3 aromatic rings. The van der Waals surface area contributed by atoms with E-state index in [0.29, 0.717) is 16.6 Å². The van der Waals surface area contributed by atoms with Crippen LogP contribution in [0.3, 0.4) is 0 Å². The lowest BCUT2D eigenvalue weighted by Crippen LogP contribution is -1.99. The number of nitrogens with zero attached hydrogens (tertiary/aromatic N) is 1. The van der Waals surface area contributed by atoms with E-state index >= 15 is 0 Å². The van der Waals surface area contributed by atoms with E-state index in [9.17, 15) is 0 Å². The van der Waals surface area contributed by atoms with Gasteiger partial charge in [0.25, 0.3) is 0 Å². The third-order valence-electron chi connectivity index (χ3n) is 3.39. The zero-order valence-electron chi connectivity index (χ0n) is 10.6. The summed E-state index contributed by atoms with van der Waals surface area (Å²) in [4.78, 5) is 0. The Morgan fingerprint density at radius 3 is 2.40 bits per heavy atom. The number of rotatable bonds is 3. The molecule has 100 valence electrons. The molecule has 1 aromatic heterocycles. The van der Waals surface area contributed by atoms with Crippen LogP contribution < -0.4 is 0 Å². The lowest BCUT2D eigenvalue weighted by atomic mass is 10.1. The number of hydrogen-bond acceptors (Lipinski definition) is 1. The molecule has 4 heteroatoms. The Kier molecular flexibility index (Phi) is 3.51. The smallest absolute Gasteiger partial charge is 0.0505 e. The minimum atomic E-state index is 0.615. The molecule has 0 aliphatic heterocycles. The summed E-state index contributed by atoms with van der Waals surface area (Å²) < 4.78 is 2.09. The van der Waals surface area contributed by atoms with Crippen LogP contribution in [0.4, 0.5) is 0 Å². The first-order valence-corrected chi connectivity index (χ1v) is 6.97. The Labute approximate surface area is 127 Å². The molecule has 0 unspecified atom stereocenters. The Balaban J connectivity index is 2.10. The fraction of sp³-hybridized carbons (Fsp3) is 0.0625. The summed E-state index contributed by atoms with van der Waals surface area (Å²) in [5, 5.41) is 9.85. The maximum absolute atomic E-state index is 7.45. The van der Waals surface area contributed by atoms with Crippen LogP contribution in [0.5, 0.6) is 0 Å². The maximum Gasteiger partial charge on any atom is 0.0505 e. The van der Waals surface area contributed by atoms with Gasteiger partial charge in [0, 0.05) is 44.5 Å². The van der Waals surface area contributed by atoms with E-state index in [1.165, 1.54) is 6.21 Å². The second-order valence-corrected chi connectivity index (χ2v) is 5.38. The molecule has 1 heterocycles. The average Bonchev–Trinajstić information content (AvgIpc) is 2.86. The van der Waals surface area contributed by atoms with Gasteiger partial charge < -0.3 is 9.98 Å². The van der Waals surface area contributed by atoms with E-state index < -0.39 is 0 Å². The van der Waals surface area contributed by atoms with Gasteiger partial charge in [0.1, 0.15) is 0 Å². The normalized spacial score (nSPS) is 10.9. The van der Waals surface area contributed by atoms with E-state index in [2.05, 4.69) is 4.57 Å². The molecule has 20 heavy (non-hydrogen) atoms. The SMILES string of the molecule is N=Cc1cccc2c1ccn2Cc1c(Cl)cccc1Cl. The van der Waals surface area contributed by atoms with Crippen molar-refractivity contribution >= 4 is 40.3 Å². The Bertz CT molecular complexity index is 770. The van der Waals surface area contributed by atoms with Crippen molar-refractivity contribution in [3.8, 4) is 0 Å². The van der Waals surface area contributed by atoms with E-state index in [-0.39, 0.29) is 0 Å². The van der Waals surface area contributed by atoms with Gasteiger partial charge in [0.05, 0.1) is 6.54 Å². The van der Waals surface area contributed by atoms with Gasteiger partial charge in [-0.1, -0.05) is 41.4 Å². The molecular formula is C16H12Cl2N2. The molecule has 0 atom stereocenters. The van der Waals surface area contributed by atoms with E-state index in [1.54, 1.807) is 0 Å². The summed E-state index contributed by atoms with van der Waals surface area (Å²) in [6.45, 7) is 0.615. The summed E-state index contributed by atoms with van der Waals surface area (Å²) in [6.07, 6.45) is 3.37. The van der Waals surface area contributed by atoms with Crippen LogP contribution in [0.2, 0.25) is 10.0 Å². The van der Waals surface area contributed by atoms with Crippen LogP contribution in [0.15, 0.2) is 48.7 Å². The largest absolute Gasteiger partial charge is 0.343 e. The van der Waals surface area contributed by atoms with Crippen molar-refractivity contribution in [2.75, 3.05) is 0 Å². The molecule has 1 N–H and O–H groups in total. The van der Waals surface area contributed by atoms with Crippen LogP contribution in [0.1, 0.15) is 11.1 Å². The third-order valence-corrected chi connectivity index (χ3v) is 4.10. The zero-order chi connectivity index (χ0) is 14.1. The highest BCUT2D eigenvalue weighted by atomic mass is 35.5. The van der Waals surface area contributed by atoms with E-state index in [0.717, 1.165) is 22.0 Å². The highest BCUT2D eigenvalue weighted by Gasteiger charge is 2.09. The Morgan fingerprint density at radius 2 is 1.70 bits per heavy atom. The van der Waals surface area contributed by atoms with Crippen LogP contribution in [-0.4, -0.2) is 10.8 Å². The molecule has 0 saturated carbocycles. The van der Waals surface area contributed by atoms with Gasteiger partial charge in [-0.15, -0.1) is 0 Å². The zero-order valence-corrected chi connectivity index (χ0v) is 12.1. The standard InChI is InChI=1S/C16H12Cl2N2/c17-14-4-2-5-15(18)13(14)10-20-8-7-12-11(9-19)3-1-6-16(12)20/h1-9,19H,10H2. The maximum atomic E-state index is 7.45. The quantitative estimate of drug-likeness (QED) is 0.660. The molecule has 0 spiro atoms. The van der Waals surface area contributed by atoms with Crippen LogP contribution >= 0.6 is 23.2 Å². The highest BCUT2D eigenvalue weighted by molar-refractivity contribution is 6.36. The van der Waals surface area contributed by atoms with Gasteiger partial charge in [-0.2, -0.15) is 0 Å². The van der Waals surface area contributed by atoms with Gasteiger partial charge in [0.2, 0.25) is 0 Å². The van der Waals surface area contributed by atoms with Crippen LogP contribution in [-0.2, 0) is 6.54 Å². The fourth-order valence-electron chi connectivity index (χ4n) is 2.36. The molecule has 2 aromatic carbocycles. The third kappa shape index (κ3) is 2.21. The average molecular weight is 303 g/mol. The van der Waals surface area contributed by atoms with Gasteiger partial charge in [-0.3, -0.25) is 0 Å². The van der Waals surface area contributed by atoms with Crippen molar-refractivity contribution in [2.45, 2.75) is 6.54 Å². The number of hydrogen-bond donors (Lipinski definition) is 1. The Hall–Kier alpha value is -1.77. The molecule has 2 nitrogen and oxygen atoms in total. The summed E-state index contributed by atoms with van der Waals surface area (Å²) in [6, 6.07) is 13.5. The van der Waals surface area contributed by atoms with Crippen molar-refractivity contribution in [3.63, 3.8) is 0 Å². The molecule has 0 fully saturated rings. The first-order chi connectivity index (χ1) is 9.70. The summed E-state index contributed by atoms with van der Waals surface area (Å²) >= 11 is 12.4. The van der Waals surface area contributed by atoms with Crippen molar-refractivity contribution in [2.24, 2.45) is 0 Å². The van der Waals surface area contributed by atoms with Crippen molar-refractivity contribution in [1.29, 1.82) is 5.41 Å². The van der Waals surface area contributed by atoms with Gasteiger partial charge >= 0.3 is 0 Å². The molecule has 0 radical (unpaired) electrons. The number of halogens is 2. The first-order valence-electron chi connectivity index (χ1n) is 6.22. The number of nitrogens with one attached hydrogen (secondary N) is 1. The van der Waals surface area contributed by atoms with Crippen LogP contribution in [0, 0.1) is 5.41 Å². The molecule has 0 saturated heterocycles. The minimum absolute atomic E-state index is 0.615. The first kappa shape index (κ1) is 13.2. The lowest BCUT2D eigenvalue weighted by Gasteiger charge is -2.09.